The minimum absolute atomic E-state index is 0.592. The van der Waals surface area contributed by atoms with Gasteiger partial charge in [-0.15, -0.1) is 0 Å². The number of nitrogen functional groups attached to an aromatic ring is 1. The molecule has 0 bridgehead atoms. The number of aryl methyl sites for hydroxylation is 1. The van der Waals surface area contributed by atoms with Gasteiger partial charge in [0.15, 0.2) is 0 Å². The summed E-state index contributed by atoms with van der Waals surface area (Å²) in [5.41, 5.74) is 5.91. The lowest BCUT2D eigenvalue weighted by atomic mass is 10.1. The Morgan fingerprint density at radius 1 is 1.21 bits per heavy atom. The molecule has 1 aliphatic carbocycles. The average Bonchev–Trinajstić information content (AvgIpc) is 2.66. The van der Waals surface area contributed by atoms with Crippen molar-refractivity contribution in [2.45, 2.75) is 64.3 Å². The molecule has 2 rings (SSSR count). The summed E-state index contributed by atoms with van der Waals surface area (Å²) in [6.45, 7) is 2.14. The molecule has 0 aromatic carbocycles. The van der Waals surface area contributed by atoms with Crippen LogP contribution in [0.5, 0.6) is 0 Å². The Morgan fingerprint density at radius 3 is 2.53 bits per heavy atom. The van der Waals surface area contributed by atoms with Crippen molar-refractivity contribution in [2.24, 2.45) is 0 Å². The Hall–Kier alpha value is -1.32. The SMILES string of the molecule is CCCc1nc(N)cc(N(C)C2CCCCCC2)n1. The number of nitrogens with two attached hydrogens (primary N) is 1. The lowest BCUT2D eigenvalue weighted by Crippen LogP contribution is -2.32. The summed E-state index contributed by atoms with van der Waals surface area (Å²) in [6.07, 6.45) is 9.89. The Kier molecular flexibility index (Phi) is 5.00. The lowest BCUT2D eigenvalue weighted by Gasteiger charge is -2.28. The molecule has 0 radical (unpaired) electrons. The summed E-state index contributed by atoms with van der Waals surface area (Å²) in [7, 11) is 2.15. The first-order valence-electron chi connectivity index (χ1n) is 7.57. The molecule has 0 unspecified atom stereocenters. The minimum atomic E-state index is 0.592. The number of hydrogen-bond acceptors (Lipinski definition) is 4. The number of rotatable bonds is 4. The highest BCUT2D eigenvalue weighted by Crippen LogP contribution is 2.25. The van der Waals surface area contributed by atoms with Crippen LogP contribution in [0.15, 0.2) is 6.07 Å². The van der Waals surface area contributed by atoms with Crippen LogP contribution < -0.4 is 10.6 Å². The van der Waals surface area contributed by atoms with E-state index >= 15 is 0 Å². The molecule has 0 spiro atoms. The summed E-state index contributed by atoms with van der Waals surface area (Å²) in [5, 5.41) is 0. The third-order valence-corrected chi connectivity index (χ3v) is 3.99. The molecule has 106 valence electrons. The first kappa shape index (κ1) is 14.1. The first-order valence-corrected chi connectivity index (χ1v) is 7.57. The van der Waals surface area contributed by atoms with E-state index in [4.69, 9.17) is 5.73 Å². The van der Waals surface area contributed by atoms with Gasteiger partial charge in [0, 0.05) is 25.6 Å². The molecule has 0 aliphatic heterocycles. The van der Waals surface area contributed by atoms with Crippen LogP contribution in [0.2, 0.25) is 0 Å². The second kappa shape index (κ2) is 6.73. The molecule has 2 N–H and O–H groups in total. The van der Waals surface area contributed by atoms with Gasteiger partial charge >= 0.3 is 0 Å². The van der Waals surface area contributed by atoms with Crippen LogP contribution in [0, 0.1) is 0 Å². The van der Waals surface area contributed by atoms with Crippen molar-refractivity contribution in [3.63, 3.8) is 0 Å². The monoisotopic (exact) mass is 262 g/mol. The van der Waals surface area contributed by atoms with Crippen molar-refractivity contribution in [1.82, 2.24) is 9.97 Å². The van der Waals surface area contributed by atoms with Crippen molar-refractivity contribution >= 4 is 11.6 Å². The zero-order valence-electron chi connectivity index (χ0n) is 12.2. The van der Waals surface area contributed by atoms with Crippen LogP contribution >= 0.6 is 0 Å². The average molecular weight is 262 g/mol. The summed E-state index contributed by atoms with van der Waals surface area (Å²) >= 11 is 0. The van der Waals surface area contributed by atoms with E-state index < -0.39 is 0 Å². The molecule has 1 heterocycles. The third-order valence-electron chi connectivity index (χ3n) is 3.99. The third kappa shape index (κ3) is 3.82. The molecule has 0 amide bonds. The maximum Gasteiger partial charge on any atom is 0.134 e. The number of anilines is 2. The Bertz CT molecular complexity index is 397. The van der Waals surface area contributed by atoms with Gasteiger partial charge in [-0.3, -0.25) is 0 Å². The van der Waals surface area contributed by atoms with Crippen LogP contribution in [0.1, 0.15) is 57.7 Å². The van der Waals surface area contributed by atoms with E-state index in [0.717, 1.165) is 24.5 Å². The summed E-state index contributed by atoms with van der Waals surface area (Å²) in [6, 6.07) is 2.51. The smallest absolute Gasteiger partial charge is 0.134 e. The molecule has 0 atom stereocenters. The van der Waals surface area contributed by atoms with Gasteiger partial charge < -0.3 is 10.6 Å². The molecular weight excluding hydrogens is 236 g/mol. The maximum atomic E-state index is 5.91. The van der Waals surface area contributed by atoms with Gasteiger partial charge in [-0.2, -0.15) is 0 Å². The molecular formula is C15H26N4. The van der Waals surface area contributed by atoms with Gasteiger partial charge in [-0.25, -0.2) is 9.97 Å². The maximum absolute atomic E-state index is 5.91. The topological polar surface area (TPSA) is 55.0 Å². The Labute approximate surface area is 116 Å². The van der Waals surface area contributed by atoms with E-state index in [2.05, 4.69) is 28.8 Å². The summed E-state index contributed by atoms with van der Waals surface area (Å²) < 4.78 is 0. The molecule has 1 aliphatic rings. The van der Waals surface area contributed by atoms with E-state index in [1.54, 1.807) is 0 Å². The second-order valence-corrected chi connectivity index (χ2v) is 5.57. The quantitative estimate of drug-likeness (QED) is 0.847. The number of hydrogen-bond donors (Lipinski definition) is 1. The molecule has 4 nitrogen and oxygen atoms in total. The van der Waals surface area contributed by atoms with Crippen LogP contribution in [-0.4, -0.2) is 23.1 Å². The molecule has 19 heavy (non-hydrogen) atoms. The van der Waals surface area contributed by atoms with Crippen LogP contribution in [0.3, 0.4) is 0 Å². The van der Waals surface area contributed by atoms with Gasteiger partial charge in [0.1, 0.15) is 17.5 Å². The molecule has 4 heteroatoms. The molecule has 1 saturated carbocycles. The number of aromatic nitrogens is 2. The standard InChI is InChI=1S/C15H26N4/c1-3-8-14-17-13(16)11-15(18-14)19(2)12-9-6-4-5-7-10-12/h11-12H,3-10H2,1-2H3,(H2,16,17,18). The predicted octanol–water partition coefficient (Wildman–Crippen LogP) is 3.17. The molecule has 0 saturated heterocycles. The van der Waals surface area contributed by atoms with E-state index in [1.807, 2.05) is 6.07 Å². The number of nitrogens with zero attached hydrogens (tertiary/aromatic N) is 3. The highest BCUT2D eigenvalue weighted by Gasteiger charge is 2.19. The Morgan fingerprint density at radius 2 is 1.89 bits per heavy atom. The van der Waals surface area contributed by atoms with E-state index in [-0.39, 0.29) is 0 Å². The van der Waals surface area contributed by atoms with Crippen molar-refractivity contribution < 1.29 is 0 Å². The van der Waals surface area contributed by atoms with Gasteiger partial charge in [0.05, 0.1) is 0 Å². The van der Waals surface area contributed by atoms with E-state index in [1.165, 1.54) is 38.5 Å². The normalized spacial score (nSPS) is 17.2. The zero-order valence-corrected chi connectivity index (χ0v) is 12.2. The van der Waals surface area contributed by atoms with Crippen molar-refractivity contribution in [2.75, 3.05) is 17.7 Å². The first-order chi connectivity index (χ1) is 9.20. The fourth-order valence-electron chi connectivity index (χ4n) is 2.85. The van der Waals surface area contributed by atoms with Crippen LogP contribution in [-0.2, 0) is 6.42 Å². The molecule has 1 fully saturated rings. The van der Waals surface area contributed by atoms with Crippen LogP contribution in [0.25, 0.3) is 0 Å². The fourth-order valence-corrected chi connectivity index (χ4v) is 2.85. The predicted molar refractivity (Wildman–Crippen MR) is 80.3 cm³/mol. The highest BCUT2D eigenvalue weighted by molar-refractivity contribution is 5.47. The highest BCUT2D eigenvalue weighted by atomic mass is 15.2. The van der Waals surface area contributed by atoms with Crippen molar-refractivity contribution in [1.29, 1.82) is 0 Å². The minimum Gasteiger partial charge on any atom is -0.384 e. The van der Waals surface area contributed by atoms with Crippen molar-refractivity contribution in [3.8, 4) is 0 Å². The molecule has 1 aromatic heterocycles. The van der Waals surface area contributed by atoms with Crippen LogP contribution in [0.4, 0.5) is 11.6 Å². The zero-order chi connectivity index (χ0) is 13.7. The Balaban J connectivity index is 2.14. The fraction of sp³-hybridized carbons (Fsp3) is 0.733. The molecule has 1 aromatic rings. The van der Waals surface area contributed by atoms with Gasteiger partial charge in [-0.1, -0.05) is 32.6 Å². The van der Waals surface area contributed by atoms with E-state index in [9.17, 15) is 0 Å². The van der Waals surface area contributed by atoms with Gasteiger partial charge in [0.2, 0.25) is 0 Å². The van der Waals surface area contributed by atoms with Gasteiger partial charge in [0.25, 0.3) is 0 Å². The summed E-state index contributed by atoms with van der Waals surface area (Å²) in [4.78, 5) is 11.3. The summed E-state index contributed by atoms with van der Waals surface area (Å²) in [5.74, 6) is 2.45. The van der Waals surface area contributed by atoms with E-state index in [0.29, 0.717) is 11.9 Å². The van der Waals surface area contributed by atoms with Crippen molar-refractivity contribution in [3.05, 3.63) is 11.9 Å². The second-order valence-electron chi connectivity index (χ2n) is 5.57. The largest absolute Gasteiger partial charge is 0.384 e. The van der Waals surface area contributed by atoms with Gasteiger partial charge in [-0.05, 0) is 19.3 Å². The lowest BCUT2D eigenvalue weighted by molar-refractivity contribution is 0.548.